The van der Waals surface area contributed by atoms with Crippen LogP contribution >= 0.6 is 24.0 Å². The highest BCUT2D eigenvalue weighted by Crippen LogP contribution is 2.41. The topological polar surface area (TPSA) is 94.4 Å². The number of fused-ring (bicyclic) bond motifs is 1. The third-order valence-electron chi connectivity index (χ3n) is 5.25. The van der Waals surface area contributed by atoms with Gasteiger partial charge in [-0.25, -0.2) is 0 Å². The minimum atomic E-state index is -0.403. The maximum Gasteiger partial charge on any atom is 0.293 e. The second-order valence-electron chi connectivity index (χ2n) is 7.16. The molecular formula is C21H17N3O6S2. The Morgan fingerprint density at radius 1 is 1.09 bits per heavy atom. The van der Waals surface area contributed by atoms with E-state index in [-0.39, 0.29) is 18.4 Å². The summed E-state index contributed by atoms with van der Waals surface area (Å²) in [7, 11) is 0. The number of carbonyl (C=O) groups is 1. The molecule has 2 aromatic rings. The molecule has 2 saturated heterocycles. The molecule has 2 fully saturated rings. The van der Waals surface area contributed by atoms with Crippen LogP contribution in [-0.4, -0.2) is 48.2 Å². The van der Waals surface area contributed by atoms with Gasteiger partial charge in [0.05, 0.1) is 28.7 Å². The Labute approximate surface area is 192 Å². The number of rotatable bonds is 4. The number of nitro benzene ring substituents is 1. The highest BCUT2D eigenvalue weighted by atomic mass is 32.2. The summed E-state index contributed by atoms with van der Waals surface area (Å²) < 4.78 is 16.4. The van der Waals surface area contributed by atoms with Crippen molar-refractivity contribution in [2.45, 2.75) is 0 Å². The van der Waals surface area contributed by atoms with Gasteiger partial charge in [0.25, 0.3) is 11.6 Å². The second-order valence-corrected chi connectivity index (χ2v) is 8.84. The first-order valence-electron chi connectivity index (χ1n) is 9.80. The molecule has 3 aliphatic heterocycles. The number of nitrogens with zero attached hydrogens (tertiary/aromatic N) is 3. The standard InChI is InChI=1S/C21H17N3O6S2/c25-20-19(32-21(31)23(20)14-2-4-17-18(11-14)30-12-29-17)10-13-1-3-15(16(9-13)24(26)27)22-5-7-28-8-6-22/h1-4,9-11H,5-8,12H2/b19-10-. The van der Waals surface area contributed by atoms with Gasteiger partial charge in [-0.05, 0) is 29.8 Å². The smallest absolute Gasteiger partial charge is 0.293 e. The van der Waals surface area contributed by atoms with Crippen molar-refractivity contribution in [2.75, 3.05) is 42.9 Å². The first-order chi connectivity index (χ1) is 15.5. The van der Waals surface area contributed by atoms with Gasteiger partial charge >= 0.3 is 0 Å². The second kappa shape index (κ2) is 8.41. The van der Waals surface area contributed by atoms with Gasteiger partial charge in [0.2, 0.25) is 6.79 Å². The molecule has 2 aromatic carbocycles. The predicted molar refractivity (Wildman–Crippen MR) is 124 cm³/mol. The van der Waals surface area contributed by atoms with Crippen molar-refractivity contribution < 1.29 is 23.9 Å². The summed E-state index contributed by atoms with van der Waals surface area (Å²) in [6.07, 6.45) is 1.63. The molecule has 5 rings (SSSR count). The third-order valence-corrected chi connectivity index (χ3v) is 6.56. The van der Waals surface area contributed by atoms with E-state index in [1.54, 1.807) is 36.4 Å². The summed E-state index contributed by atoms with van der Waals surface area (Å²) >= 11 is 6.57. The van der Waals surface area contributed by atoms with Gasteiger partial charge in [-0.15, -0.1) is 0 Å². The van der Waals surface area contributed by atoms with E-state index in [2.05, 4.69) is 0 Å². The van der Waals surface area contributed by atoms with Crippen LogP contribution in [0.2, 0.25) is 0 Å². The largest absolute Gasteiger partial charge is 0.454 e. The maximum absolute atomic E-state index is 13.1. The average molecular weight is 472 g/mol. The number of thioether (sulfide) groups is 1. The number of ether oxygens (including phenoxy) is 3. The van der Waals surface area contributed by atoms with Gasteiger partial charge in [-0.3, -0.25) is 19.8 Å². The molecule has 32 heavy (non-hydrogen) atoms. The monoisotopic (exact) mass is 471 g/mol. The molecule has 0 aromatic heterocycles. The van der Waals surface area contributed by atoms with Crippen LogP contribution in [0.3, 0.4) is 0 Å². The van der Waals surface area contributed by atoms with Crippen LogP contribution in [0.4, 0.5) is 17.1 Å². The van der Waals surface area contributed by atoms with Crippen LogP contribution < -0.4 is 19.3 Å². The molecule has 0 spiro atoms. The van der Waals surface area contributed by atoms with E-state index < -0.39 is 4.92 Å². The summed E-state index contributed by atoms with van der Waals surface area (Å²) in [5.41, 5.74) is 1.67. The van der Waals surface area contributed by atoms with Crippen molar-refractivity contribution >= 4 is 57.3 Å². The van der Waals surface area contributed by atoms with Gasteiger partial charge in [0.15, 0.2) is 15.8 Å². The Balaban J connectivity index is 1.43. The molecule has 9 nitrogen and oxygen atoms in total. The van der Waals surface area contributed by atoms with Crippen molar-refractivity contribution in [2.24, 2.45) is 0 Å². The number of anilines is 2. The first kappa shape index (κ1) is 20.7. The fraction of sp³-hybridized carbons (Fsp3) is 0.238. The van der Waals surface area contributed by atoms with Gasteiger partial charge in [0, 0.05) is 25.2 Å². The van der Waals surface area contributed by atoms with Gasteiger partial charge in [-0.2, -0.15) is 0 Å². The molecule has 3 aliphatic rings. The van der Waals surface area contributed by atoms with E-state index in [9.17, 15) is 14.9 Å². The van der Waals surface area contributed by atoms with Gasteiger partial charge < -0.3 is 19.1 Å². The SMILES string of the molecule is O=C1/C(=C/c2ccc(N3CCOCC3)c([N+](=O)[O-])c2)SC(=S)N1c1ccc2c(c1)OCO2. The Morgan fingerprint density at radius 3 is 2.66 bits per heavy atom. The number of nitro groups is 1. The number of morpholine rings is 1. The molecule has 0 unspecified atom stereocenters. The van der Waals surface area contributed by atoms with E-state index in [1.165, 1.54) is 11.0 Å². The fourth-order valence-corrected chi connectivity index (χ4v) is 5.01. The van der Waals surface area contributed by atoms with Crippen LogP contribution in [-0.2, 0) is 9.53 Å². The van der Waals surface area contributed by atoms with Crippen LogP contribution in [0, 0.1) is 10.1 Å². The molecular weight excluding hydrogens is 454 g/mol. The van der Waals surface area contributed by atoms with Gasteiger partial charge in [-0.1, -0.05) is 30.0 Å². The molecule has 0 N–H and O–H groups in total. The normalized spacial score (nSPS) is 19.2. The molecule has 0 bridgehead atoms. The quantitative estimate of drug-likeness (QED) is 0.287. The predicted octanol–water partition coefficient (Wildman–Crippen LogP) is 3.57. The molecule has 1 amide bonds. The Morgan fingerprint density at radius 2 is 1.88 bits per heavy atom. The zero-order valence-corrected chi connectivity index (χ0v) is 18.3. The van der Waals surface area contributed by atoms with Crippen molar-refractivity contribution in [1.29, 1.82) is 0 Å². The fourth-order valence-electron chi connectivity index (χ4n) is 3.71. The molecule has 11 heteroatoms. The Bertz CT molecular complexity index is 1160. The summed E-state index contributed by atoms with van der Waals surface area (Å²) in [5.74, 6) is 0.871. The lowest BCUT2D eigenvalue weighted by molar-refractivity contribution is -0.384. The minimum absolute atomic E-state index is 0.00750. The molecule has 3 heterocycles. The number of amides is 1. The van der Waals surface area contributed by atoms with Crippen molar-refractivity contribution in [3.63, 3.8) is 0 Å². The summed E-state index contributed by atoms with van der Waals surface area (Å²) in [6.45, 7) is 2.38. The van der Waals surface area contributed by atoms with Crippen LogP contribution in [0.15, 0.2) is 41.3 Å². The van der Waals surface area contributed by atoms with Crippen LogP contribution in [0.1, 0.15) is 5.56 Å². The zero-order chi connectivity index (χ0) is 22.2. The first-order valence-corrected chi connectivity index (χ1v) is 11.0. The maximum atomic E-state index is 13.1. The number of hydrogen-bond donors (Lipinski definition) is 0. The third kappa shape index (κ3) is 3.78. The molecule has 0 aliphatic carbocycles. The molecule has 0 radical (unpaired) electrons. The highest BCUT2D eigenvalue weighted by Gasteiger charge is 2.34. The van der Waals surface area contributed by atoms with Crippen LogP contribution in [0.5, 0.6) is 11.5 Å². The number of carbonyl (C=O) groups excluding carboxylic acids is 1. The molecule has 0 saturated carbocycles. The van der Waals surface area contributed by atoms with E-state index >= 15 is 0 Å². The van der Waals surface area contributed by atoms with Crippen molar-refractivity contribution in [3.8, 4) is 11.5 Å². The van der Waals surface area contributed by atoms with E-state index in [0.717, 1.165) is 11.8 Å². The number of benzene rings is 2. The number of hydrogen-bond acceptors (Lipinski definition) is 9. The molecule has 164 valence electrons. The van der Waals surface area contributed by atoms with Crippen LogP contribution in [0.25, 0.3) is 6.08 Å². The average Bonchev–Trinajstić information content (AvgIpc) is 3.37. The summed E-state index contributed by atoms with van der Waals surface area (Å²) in [4.78, 5) is 28.1. The highest BCUT2D eigenvalue weighted by molar-refractivity contribution is 8.27. The van der Waals surface area contributed by atoms with Gasteiger partial charge in [0.1, 0.15) is 5.69 Å². The van der Waals surface area contributed by atoms with Crippen molar-refractivity contribution in [1.82, 2.24) is 0 Å². The molecule has 0 atom stereocenters. The Kier molecular flexibility index (Phi) is 5.45. The van der Waals surface area contributed by atoms with E-state index in [4.69, 9.17) is 26.4 Å². The Hall–Kier alpha value is -3.15. The lowest BCUT2D eigenvalue weighted by Crippen LogP contribution is -2.36. The van der Waals surface area contributed by atoms with E-state index in [1.807, 2.05) is 4.90 Å². The zero-order valence-electron chi connectivity index (χ0n) is 16.7. The minimum Gasteiger partial charge on any atom is -0.454 e. The number of thiocarbonyl (C=S) groups is 1. The summed E-state index contributed by atoms with van der Waals surface area (Å²) in [5, 5.41) is 11.7. The lowest BCUT2D eigenvalue weighted by Gasteiger charge is -2.28. The lowest BCUT2D eigenvalue weighted by atomic mass is 10.1. The summed E-state index contributed by atoms with van der Waals surface area (Å²) in [6, 6.07) is 10.1. The van der Waals surface area contributed by atoms with Crippen molar-refractivity contribution in [3.05, 3.63) is 57.0 Å². The van der Waals surface area contributed by atoms with E-state index in [0.29, 0.717) is 64.0 Å².